The van der Waals surface area contributed by atoms with Gasteiger partial charge < -0.3 is 26.2 Å². The van der Waals surface area contributed by atoms with Crippen LogP contribution in [0.5, 0.6) is 0 Å². The van der Waals surface area contributed by atoms with E-state index in [-0.39, 0.29) is 37.7 Å². The number of ketones is 1. The molecule has 1 fully saturated rings. The van der Waals surface area contributed by atoms with Gasteiger partial charge in [0.2, 0.25) is 5.91 Å². The number of ether oxygens (including phenoxy) is 1. The van der Waals surface area contributed by atoms with Crippen molar-refractivity contribution in [2.24, 2.45) is 5.73 Å². The fraction of sp³-hybridized carbons (Fsp3) is 0.409. The first-order valence-corrected chi connectivity index (χ1v) is 11.9. The summed E-state index contributed by atoms with van der Waals surface area (Å²) in [6.45, 7) is 1.08. The van der Waals surface area contributed by atoms with Gasteiger partial charge in [-0.15, -0.1) is 11.3 Å². The lowest BCUT2D eigenvalue weighted by Gasteiger charge is -2.18. The van der Waals surface area contributed by atoms with E-state index in [0.29, 0.717) is 52.2 Å². The minimum atomic E-state index is -0.508. The molecule has 0 spiro atoms. The number of nitrogens with one attached hydrogen (secondary N) is 2. The Morgan fingerprint density at radius 2 is 2.06 bits per heavy atom. The second kappa shape index (κ2) is 12.0. The number of carbonyl (C=O) groups is 3. The third-order valence-electron chi connectivity index (χ3n) is 5.03. The molecule has 178 valence electrons. The fourth-order valence-corrected chi connectivity index (χ4v) is 4.38. The summed E-state index contributed by atoms with van der Waals surface area (Å²) >= 11 is 7.12. The van der Waals surface area contributed by atoms with Crippen molar-refractivity contribution in [1.29, 1.82) is 0 Å². The van der Waals surface area contributed by atoms with Crippen LogP contribution in [0.4, 0.5) is 21.9 Å². The van der Waals surface area contributed by atoms with Crippen LogP contribution in [-0.2, 0) is 9.53 Å². The summed E-state index contributed by atoms with van der Waals surface area (Å²) in [5.74, 6) is -0.279. The topological polar surface area (TPSA) is 134 Å². The number of anilines is 3. The largest absolute Gasteiger partial charge is 0.444 e. The Labute approximate surface area is 200 Å². The van der Waals surface area contributed by atoms with E-state index >= 15 is 0 Å². The quantitative estimate of drug-likeness (QED) is 0.262. The molecule has 0 bridgehead atoms. The lowest BCUT2D eigenvalue weighted by atomic mass is 10.1. The van der Waals surface area contributed by atoms with Gasteiger partial charge in [0.05, 0.1) is 27.1 Å². The molecule has 1 aliphatic rings. The van der Waals surface area contributed by atoms with E-state index < -0.39 is 12.2 Å². The van der Waals surface area contributed by atoms with Crippen LogP contribution in [0.25, 0.3) is 0 Å². The van der Waals surface area contributed by atoms with E-state index in [9.17, 15) is 14.4 Å². The molecule has 0 aliphatic carbocycles. The molecule has 1 aromatic carbocycles. The number of aliphatic hydroxyl groups is 1. The Bertz CT molecular complexity index is 999. The van der Waals surface area contributed by atoms with Crippen LogP contribution in [0.3, 0.4) is 0 Å². The van der Waals surface area contributed by atoms with Gasteiger partial charge in [-0.05, 0) is 43.2 Å². The molecule has 1 aliphatic heterocycles. The molecular weight excluding hydrogens is 468 g/mol. The van der Waals surface area contributed by atoms with Crippen LogP contribution in [-0.4, -0.2) is 55.2 Å². The highest BCUT2D eigenvalue weighted by atomic mass is 35.5. The molecular formula is C22H27ClN4O5S. The molecule has 11 heteroatoms. The Kier molecular flexibility index (Phi) is 9.07. The minimum Gasteiger partial charge on any atom is -0.444 e. The molecule has 2 heterocycles. The van der Waals surface area contributed by atoms with Crippen LogP contribution in [0.1, 0.15) is 35.4 Å². The van der Waals surface area contributed by atoms with E-state index in [1.807, 2.05) is 0 Å². The molecule has 33 heavy (non-hydrogen) atoms. The van der Waals surface area contributed by atoms with Crippen molar-refractivity contribution >= 4 is 57.8 Å². The zero-order valence-corrected chi connectivity index (χ0v) is 19.6. The number of Topliss-reactive ketones (excluding diaryl/α,β-unsaturated/α-hetero) is 1. The number of nitrogens with zero attached hydrogens (tertiary/aromatic N) is 1. The highest BCUT2D eigenvalue weighted by molar-refractivity contribution is 7.18. The third kappa shape index (κ3) is 6.91. The molecule has 1 unspecified atom stereocenters. The Balaban J connectivity index is 1.67. The number of hydrogen-bond acceptors (Lipinski definition) is 8. The molecule has 0 saturated carbocycles. The summed E-state index contributed by atoms with van der Waals surface area (Å²) in [6.07, 6.45) is 0.432. The van der Waals surface area contributed by atoms with Crippen LogP contribution >= 0.6 is 22.9 Å². The number of carbonyl (C=O) groups excluding carboxylic acids is 3. The summed E-state index contributed by atoms with van der Waals surface area (Å²) in [6, 6.07) is 8.58. The van der Waals surface area contributed by atoms with E-state index in [1.54, 1.807) is 30.3 Å². The average molecular weight is 495 g/mol. The summed E-state index contributed by atoms with van der Waals surface area (Å²) in [5, 5.41) is 15.0. The van der Waals surface area contributed by atoms with Gasteiger partial charge in [-0.25, -0.2) is 4.79 Å². The van der Waals surface area contributed by atoms with Crippen molar-refractivity contribution < 1.29 is 24.2 Å². The minimum absolute atomic E-state index is 0.0374. The van der Waals surface area contributed by atoms with Crippen molar-refractivity contribution in [3.05, 3.63) is 39.5 Å². The Hall–Kier alpha value is -2.66. The summed E-state index contributed by atoms with van der Waals surface area (Å²) < 4.78 is 6.01. The molecule has 0 radical (unpaired) electrons. The molecule has 2 amide bonds. The summed E-state index contributed by atoms with van der Waals surface area (Å²) in [5.41, 5.74) is 7.20. The number of cyclic esters (lactones) is 1. The smallest absolute Gasteiger partial charge is 0.414 e. The highest BCUT2D eigenvalue weighted by Gasteiger charge is 2.33. The van der Waals surface area contributed by atoms with Crippen molar-refractivity contribution in [2.75, 3.05) is 41.8 Å². The number of amides is 2. The first-order chi connectivity index (χ1) is 15.9. The van der Waals surface area contributed by atoms with Gasteiger partial charge in [0.25, 0.3) is 0 Å². The van der Waals surface area contributed by atoms with Gasteiger partial charge in [0.1, 0.15) is 6.10 Å². The predicted octanol–water partition coefficient (Wildman–Crippen LogP) is 3.47. The molecule has 1 atom stereocenters. The molecule has 1 aromatic heterocycles. The lowest BCUT2D eigenvalue weighted by Crippen LogP contribution is -2.25. The van der Waals surface area contributed by atoms with E-state index in [2.05, 4.69) is 10.6 Å². The molecule has 5 N–H and O–H groups in total. The normalized spacial score (nSPS) is 15.4. The van der Waals surface area contributed by atoms with Crippen LogP contribution < -0.4 is 21.3 Å². The maximum absolute atomic E-state index is 12.5. The number of thiophene rings is 1. The van der Waals surface area contributed by atoms with E-state index in [4.69, 9.17) is 27.2 Å². The Morgan fingerprint density at radius 3 is 2.76 bits per heavy atom. The second-order valence-corrected chi connectivity index (χ2v) is 9.22. The Morgan fingerprint density at radius 1 is 1.24 bits per heavy atom. The predicted molar refractivity (Wildman–Crippen MR) is 129 cm³/mol. The van der Waals surface area contributed by atoms with Gasteiger partial charge in [-0.1, -0.05) is 11.6 Å². The first-order valence-electron chi connectivity index (χ1n) is 10.7. The summed E-state index contributed by atoms with van der Waals surface area (Å²) in [4.78, 5) is 39.0. The number of nitrogens with two attached hydrogens (primary N) is 1. The molecule has 3 rings (SSSR count). The number of rotatable bonds is 12. The van der Waals surface area contributed by atoms with Crippen LogP contribution in [0.15, 0.2) is 30.3 Å². The van der Waals surface area contributed by atoms with Crippen molar-refractivity contribution in [3.63, 3.8) is 0 Å². The van der Waals surface area contributed by atoms with Gasteiger partial charge in [-0.2, -0.15) is 0 Å². The molecule has 1 saturated heterocycles. The number of aliphatic hydroxyl groups excluding tert-OH is 1. The van der Waals surface area contributed by atoms with Crippen molar-refractivity contribution in [1.82, 2.24) is 0 Å². The van der Waals surface area contributed by atoms with Crippen molar-refractivity contribution in [2.45, 2.75) is 31.8 Å². The standard InChI is InChI=1S/C22H27ClN4O5S/c23-20-7-6-19(33-20)18(29)5-3-15-13-27(22(31)32-15)14-2-4-16(25-10-1-11-28)17(12-14)26-21(30)8-9-24/h2,4,6-7,12,15,25,28H,1,3,5,8-11,13,24H2,(H,26,30). The zero-order valence-electron chi connectivity index (χ0n) is 18.0. The maximum atomic E-state index is 12.5. The highest BCUT2D eigenvalue weighted by Crippen LogP contribution is 2.31. The van der Waals surface area contributed by atoms with Gasteiger partial charge in [-0.3, -0.25) is 14.5 Å². The van der Waals surface area contributed by atoms with Gasteiger partial charge >= 0.3 is 6.09 Å². The van der Waals surface area contributed by atoms with Crippen LogP contribution in [0.2, 0.25) is 4.34 Å². The number of benzene rings is 1. The van der Waals surface area contributed by atoms with Crippen molar-refractivity contribution in [3.8, 4) is 0 Å². The lowest BCUT2D eigenvalue weighted by molar-refractivity contribution is -0.116. The maximum Gasteiger partial charge on any atom is 0.414 e. The second-order valence-electron chi connectivity index (χ2n) is 7.50. The number of hydrogen-bond donors (Lipinski definition) is 4. The zero-order chi connectivity index (χ0) is 23.8. The third-order valence-corrected chi connectivity index (χ3v) is 6.30. The SMILES string of the molecule is NCCC(=O)Nc1cc(N2CC(CCC(=O)c3ccc(Cl)s3)OC2=O)ccc1NCCCO. The van der Waals surface area contributed by atoms with E-state index in [0.717, 1.165) is 0 Å². The molecule has 2 aromatic rings. The monoisotopic (exact) mass is 494 g/mol. The van der Waals surface area contributed by atoms with E-state index in [1.165, 1.54) is 16.2 Å². The number of halogens is 1. The average Bonchev–Trinajstić information content (AvgIpc) is 3.38. The van der Waals surface area contributed by atoms with Crippen LogP contribution in [0, 0.1) is 0 Å². The van der Waals surface area contributed by atoms with Gasteiger partial charge in [0, 0.05) is 38.2 Å². The molecule has 9 nitrogen and oxygen atoms in total. The van der Waals surface area contributed by atoms with Gasteiger partial charge in [0.15, 0.2) is 5.78 Å². The first kappa shape index (κ1) is 25.0. The summed E-state index contributed by atoms with van der Waals surface area (Å²) in [7, 11) is 0. The fourth-order valence-electron chi connectivity index (χ4n) is 3.37.